The van der Waals surface area contributed by atoms with E-state index in [0.717, 1.165) is 0 Å². The van der Waals surface area contributed by atoms with Crippen LogP contribution >= 0.6 is 8.25 Å². The lowest BCUT2D eigenvalue weighted by Gasteiger charge is -1.68. The van der Waals surface area contributed by atoms with Crippen molar-refractivity contribution in [2.75, 3.05) is 6.61 Å². The number of rotatable bonds is 2. The summed E-state index contributed by atoms with van der Waals surface area (Å²) in [7, 11) is -2.35. The Balaban J connectivity index is 0. The molecule has 0 rings (SSSR count). The molecule has 0 aromatic rings. The Morgan fingerprint density at radius 1 is 1.75 bits per heavy atom. The van der Waals surface area contributed by atoms with Crippen LogP contribution in [0.4, 0.5) is 0 Å². The Labute approximate surface area is 49.9 Å². The molecule has 0 spiro atoms. The van der Waals surface area contributed by atoms with E-state index in [4.69, 9.17) is 4.89 Å². The van der Waals surface area contributed by atoms with Crippen LogP contribution in [0.2, 0.25) is 0 Å². The van der Waals surface area contributed by atoms with Crippen molar-refractivity contribution in [3.8, 4) is 0 Å². The minimum atomic E-state index is -2.35. The van der Waals surface area contributed by atoms with Gasteiger partial charge in [0, 0.05) is 4.57 Å². The van der Waals surface area contributed by atoms with E-state index in [1.54, 1.807) is 6.92 Å². The molecule has 48 valence electrons. The van der Waals surface area contributed by atoms with Crippen LogP contribution in [0, 0.1) is 0 Å². The van der Waals surface area contributed by atoms with E-state index in [1.807, 2.05) is 0 Å². The maximum Gasteiger partial charge on any atom is 0.694 e. The highest BCUT2D eigenvalue weighted by atomic mass is 31.1. The van der Waals surface area contributed by atoms with E-state index in [0.29, 0.717) is 6.61 Å². The average molecular weight is 137 g/mol. The molecule has 1 N–H and O–H groups in total. The van der Waals surface area contributed by atoms with Gasteiger partial charge in [0.2, 0.25) is 0 Å². The summed E-state index contributed by atoms with van der Waals surface area (Å²) in [5.74, 6) is 0. The van der Waals surface area contributed by atoms with Crippen LogP contribution in [-0.2, 0) is 9.09 Å². The van der Waals surface area contributed by atoms with Gasteiger partial charge in [-0.2, -0.15) is 0 Å². The molecule has 8 heavy (non-hydrogen) atoms. The second-order valence-corrected chi connectivity index (χ2v) is 1.39. The Hall–Kier alpha value is -0.240. The molecule has 1 unspecified atom stereocenters. The van der Waals surface area contributed by atoms with E-state index in [1.165, 1.54) is 0 Å². The highest BCUT2D eigenvalue weighted by Crippen LogP contribution is 2.12. The predicted octanol–water partition coefficient (Wildman–Crippen LogP) is 1.47. The topological polar surface area (TPSA) is 46.5 Å². The van der Waals surface area contributed by atoms with Crippen molar-refractivity contribution in [2.24, 2.45) is 0 Å². The van der Waals surface area contributed by atoms with Gasteiger partial charge in [-0.15, -0.1) is 22.6 Å². The van der Waals surface area contributed by atoms with Gasteiger partial charge in [-0.25, -0.2) is 0 Å². The van der Waals surface area contributed by atoms with Crippen molar-refractivity contribution < 1.29 is 14.0 Å². The van der Waals surface area contributed by atoms with E-state index in [2.05, 4.69) is 17.7 Å². The first kappa shape index (κ1) is 10.7. The first-order valence-electron chi connectivity index (χ1n) is 2.06. The fourth-order valence-electron chi connectivity index (χ4n) is 0.110. The summed E-state index contributed by atoms with van der Waals surface area (Å²) in [5.41, 5.74) is 0. The van der Waals surface area contributed by atoms with Crippen LogP contribution in [0.25, 0.3) is 0 Å². The lowest BCUT2D eigenvalue weighted by Crippen LogP contribution is -1.72. The molecule has 0 amide bonds. The Morgan fingerprint density at radius 2 is 2.12 bits per heavy atom. The van der Waals surface area contributed by atoms with Crippen molar-refractivity contribution >= 4 is 8.25 Å². The summed E-state index contributed by atoms with van der Waals surface area (Å²) in [4.78, 5) is 7.84. The zero-order valence-corrected chi connectivity index (χ0v) is 5.73. The van der Waals surface area contributed by atoms with Crippen LogP contribution in [-0.4, -0.2) is 11.5 Å². The van der Waals surface area contributed by atoms with Crippen molar-refractivity contribution in [3.63, 3.8) is 0 Å². The molecule has 0 bridgehead atoms. The predicted molar refractivity (Wildman–Crippen MR) is 32.7 cm³/mol. The molecule has 1 atom stereocenters. The van der Waals surface area contributed by atoms with Gasteiger partial charge >= 0.3 is 8.25 Å². The first-order chi connectivity index (χ1) is 3.77. The highest BCUT2D eigenvalue weighted by molar-refractivity contribution is 7.32. The summed E-state index contributed by atoms with van der Waals surface area (Å²) < 4.78 is 13.6. The molecule has 4 heteroatoms. The summed E-state index contributed by atoms with van der Waals surface area (Å²) in [6.07, 6.45) is 0. The molecule has 0 saturated heterocycles. The quantitative estimate of drug-likeness (QED) is 0.463. The molecule has 0 saturated carbocycles. The van der Waals surface area contributed by atoms with Crippen molar-refractivity contribution in [1.29, 1.82) is 0 Å². The molecule has 0 aliphatic carbocycles. The molecule has 0 aliphatic rings. The van der Waals surface area contributed by atoms with Gasteiger partial charge in [0.1, 0.15) is 6.61 Å². The summed E-state index contributed by atoms with van der Waals surface area (Å²) >= 11 is 0. The molecular weight excluding hydrogens is 127 g/mol. The second kappa shape index (κ2) is 9.90. The fraction of sp³-hybridized carbons (Fsp3) is 0.500. The maximum absolute atomic E-state index is 9.53. The van der Waals surface area contributed by atoms with Crippen molar-refractivity contribution in [3.05, 3.63) is 13.2 Å². The third-order valence-electron chi connectivity index (χ3n) is 0.240. The number of hydrogen-bond acceptors (Lipinski definition) is 2. The molecular formula is C4H10O3P+. The van der Waals surface area contributed by atoms with Crippen LogP contribution in [0.15, 0.2) is 13.2 Å². The Bertz CT molecular complexity index is 64.3. The van der Waals surface area contributed by atoms with Gasteiger partial charge in [0.25, 0.3) is 0 Å². The van der Waals surface area contributed by atoms with E-state index >= 15 is 0 Å². The minimum Gasteiger partial charge on any atom is -0.133 e. The van der Waals surface area contributed by atoms with Gasteiger partial charge < -0.3 is 0 Å². The van der Waals surface area contributed by atoms with Gasteiger partial charge in [-0.3, -0.25) is 0 Å². The lowest BCUT2D eigenvalue weighted by molar-refractivity contribution is 0.297. The molecule has 0 aliphatic heterocycles. The van der Waals surface area contributed by atoms with Gasteiger partial charge in [0.15, 0.2) is 0 Å². The lowest BCUT2D eigenvalue weighted by atomic mass is 10.9. The summed E-state index contributed by atoms with van der Waals surface area (Å²) in [6.45, 7) is 7.95. The summed E-state index contributed by atoms with van der Waals surface area (Å²) in [5, 5.41) is 0. The Kier molecular flexibility index (Phi) is 13.2. The average Bonchev–Trinajstić information content (AvgIpc) is 1.72. The zero-order valence-electron chi connectivity index (χ0n) is 4.83. The van der Waals surface area contributed by atoms with Gasteiger partial charge in [0.05, 0.1) is 0 Å². The first-order valence-corrected chi connectivity index (χ1v) is 3.19. The van der Waals surface area contributed by atoms with Crippen LogP contribution in [0.5, 0.6) is 0 Å². The van der Waals surface area contributed by atoms with Crippen molar-refractivity contribution in [2.45, 2.75) is 6.92 Å². The molecule has 3 nitrogen and oxygen atoms in total. The van der Waals surface area contributed by atoms with Crippen LogP contribution in [0.3, 0.4) is 0 Å². The Morgan fingerprint density at radius 3 is 2.12 bits per heavy atom. The van der Waals surface area contributed by atoms with Gasteiger partial charge in [-0.05, 0) is 6.92 Å². The third-order valence-corrected chi connectivity index (χ3v) is 0.719. The van der Waals surface area contributed by atoms with E-state index in [-0.39, 0.29) is 0 Å². The SMILES string of the molecule is C=C.CCO[P+](=O)O. The standard InChI is InChI=1S/C2H5O3P.C2H4/c1-2-5-6(3)4;1-2/h2H2,1H3;1-2H2/p+1. The fourth-order valence-corrected chi connectivity index (χ4v) is 0.331. The zero-order chi connectivity index (χ0) is 6.99. The number of hydrogen-bond donors (Lipinski definition) is 1. The monoisotopic (exact) mass is 137 g/mol. The second-order valence-electron chi connectivity index (χ2n) is 0.656. The third kappa shape index (κ3) is 17.1. The minimum absolute atomic E-state index is 0.297. The van der Waals surface area contributed by atoms with Crippen LogP contribution in [0.1, 0.15) is 6.92 Å². The summed E-state index contributed by atoms with van der Waals surface area (Å²) in [6, 6.07) is 0. The molecule has 0 radical (unpaired) electrons. The highest BCUT2D eigenvalue weighted by Gasteiger charge is 2.06. The van der Waals surface area contributed by atoms with Crippen molar-refractivity contribution in [1.82, 2.24) is 0 Å². The maximum atomic E-state index is 9.53. The largest absolute Gasteiger partial charge is 0.694 e. The molecule has 0 aromatic heterocycles. The molecule has 0 heterocycles. The smallest absolute Gasteiger partial charge is 0.133 e. The van der Waals surface area contributed by atoms with E-state index < -0.39 is 8.25 Å². The molecule has 0 fully saturated rings. The van der Waals surface area contributed by atoms with Crippen LogP contribution < -0.4 is 0 Å². The normalized spacial score (nSPS) is 9.00. The van der Waals surface area contributed by atoms with E-state index in [9.17, 15) is 4.57 Å². The van der Waals surface area contributed by atoms with Gasteiger partial charge in [-0.1, -0.05) is 0 Å². The molecule has 0 aromatic carbocycles.